The first-order valence-electron chi connectivity index (χ1n) is 5.90. The van der Waals surface area contributed by atoms with Gasteiger partial charge in [-0.1, -0.05) is 0 Å². The summed E-state index contributed by atoms with van der Waals surface area (Å²) in [6.45, 7) is 2.86. The Bertz CT molecular complexity index is 511. The van der Waals surface area contributed by atoms with Crippen molar-refractivity contribution in [2.45, 2.75) is 6.92 Å². The van der Waals surface area contributed by atoms with Crippen LogP contribution in [0.2, 0.25) is 0 Å². The van der Waals surface area contributed by atoms with E-state index < -0.39 is 0 Å². The summed E-state index contributed by atoms with van der Waals surface area (Å²) in [5, 5.41) is 3.17. The van der Waals surface area contributed by atoms with E-state index in [0.29, 0.717) is 0 Å². The van der Waals surface area contributed by atoms with Crippen molar-refractivity contribution in [3.63, 3.8) is 0 Å². The summed E-state index contributed by atoms with van der Waals surface area (Å²) in [7, 11) is 1.94. The molecular formula is C14H16FN3. The molecule has 0 atom stereocenters. The fraction of sp³-hybridized carbons (Fsp3) is 0.214. The number of rotatable bonds is 4. The SMILES string of the molecule is CCNc1cc(N(C)c2ccc(F)cc2)ccn1. The molecule has 0 saturated heterocycles. The largest absolute Gasteiger partial charge is 0.370 e. The van der Waals surface area contributed by atoms with Gasteiger partial charge < -0.3 is 10.2 Å². The third-order valence-corrected chi connectivity index (χ3v) is 2.70. The highest BCUT2D eigenvalue weighted by Gasteiger charge is 2.05. The molecule has 1 aromatic carbocycles. The van der Waals surface area contributed by atoms with Crippen LogP contribution >= 0.6 is 0 Å². The van der Waals surface area contributed by atoms with Crippen molar-refractivity contribution in [2.75, 3.05) is 23.8 Å². The van der Waals surface area contributed by atoms with Crippen LogP contribution in [0.3, 0.4) is 0 Å². The second kappa shape index (κ2) is 5.49. The Labute approximate surface area is 106 Å². The van der Waals surface area contributed by atoms with Gasteiger partial charge in [-0.3, -0.25) is 0 Å². The predicted molar refractivity (Wildman–Crippen MR) is 72.9 cm³/mol. The third kappa shape index (κ3) is 2.77. The standard InChI is InChI=1S/C14H16FN3/c1-3-16-14-10-13(8-9-17-14)18(2)12-6-4-11(15)5-7-12/h4-10H,3H2,1-2H3,(H,16,17). The number of aromatic nitrogens is 1. The summed E-state index contributed by atoms with van der Waals surface area (Å²) in [5.74, 6) is 0.610. The number of nitrogens with zero attached hydrogens (tertiary/aromatic N) is 2. The molecule has 18 heavy (non-hydrogen) atoms. The van der Waals surface area contributed by atoms with E-state index in [0.717, 1.165) is 23.7 Å². The zero-order valence-electron chi connectivity index (χ0n) is 10.5. The van der Waals surface area contributed by atoms with Crippen molar-refractivity contribution in [1.29, 1.82) is 0 Å². The molecule has 1 heterocycles. The van der Waals surface area contributed by atoms with Gasteiger partial charge in [-0.2, -0.15) is 0 Å². The second-order valence-corrected chi connectivity index (χ2v) is 3.97. The summed E-state index contributed by atoms with van der Waals surface area (Å²) < 4.78 is 12.9. The number of hydrogen-bond donors (Lipinski definition) is 1. The minimum absolute atomic E-state index is 0.227. The molecule has 0 fully saturated rings. The molecule has 0 aliphatic rings. The lowest BCUT2D eigenvalue weighted by Gasteiger charge is -2.20. The molecule has 0 aliphatic carbocycles. The van der Waals surface area contributed by atoms with Gasteiger partial charge in [0.05, 0.1) is 0 Å². The quantitative estimate of drug-likeness (QED) is 0.894. The second-order valence-electron chi connectivity index (χ2n) is 3.97. The minimum Gasteiger partial charge on any atom is -0.370 e. The van der Waals surface area contributed by atoms with Crippen LogP contribution in [-0.4, -0.2) is 18.6 Å². The van der Waals surface area contributed by atoms with E-state index >= 15 is 0 Å². The van der Waals surface area contributed by atoms with Gasteiger partial charge in [0.15, 0.2) is 0 Å². The Morgan fingerprint density at radius 1 is 1.17 bits per heavy atom. The lowest BCUT2D eigenvalue weighted by Crippen LogP contribution is -2.10. The maximum Gasteiger partial charge on any atom is 0.127 e. The zero-order chi connectivity index (χ0) is 13.0. The Morgan fingerprint density at radius 3 is 2.56 bits per heavy atom. The van der Waals surface area contributed by atoms with E-state index in [1.807, 2.05) is 31.0 Å². The molecule has 0 spiro atoms. The molecule has 4 heteroatoms. The molecule has 3 nitrogen and oxygen atoms in total. The molecular weight excluding hydrogens is 229 g/mol. The lowest BCUT2D eigenvalue weighted by molar-refractivity contribution is 0.628. The molecule has 0 saturated carbocycles. The summed E-state index contributed by atoms with van der Waals surface area (Å²) in [6, 6.07) is 10.3. The first kappa shape index (κ1) is 12.4. The van der Waals surface area contributed by atoms with Crippen LogP contribution in [0, 0.1) is 5.82 Å². The van der Waals surface area contributed by atoms with Crippen molar-refractivity contribution >= 4 is 17.2 Å². The summed E-state index contributed by atoms with van der Waals surface area (Å²) >= 11 is 0. The van der Waals surface area contributed by atoms with E-state index in [2.05, 4.69) is 10.3 Å². The zero-order valence-corrected chi connectivity index (χ0v) is 10.5. The van der Waals surface area contributed by atoms with E-state index in [1.165, 1.54) is 12.1 Å². The molecule has 0 aliphatic heterocycles. The highest BCUT2D eigenvalue weighted by atomic mass is 19.1. The number of anilines is 3. The lowest BCUT2D eigenvalue weighted by atomic mass is 10.2. The first-order chi connectivity index (χ1) is 8.70. The number of nitrogens with one attached hydrogen (secondary N) is 1. The molecule has 94 valence electrons. The van der Waals surface area contributed by atoms with Crippen LogP contribution in [0.1, 0.15) is 6.92 Å². The molecule has 0 radical (unpaired) electrons. The van der Waals surface area contributed by atoms with Crippen LogP contribution in [0.25, 0.3) is 0 Å². The van der Waals surface area contributed by atoms with Crippen LogP contribution in [0.5, 0.6) is 0 Å². The maximum atomic E-state index is 12.9. The van der Waals surface area contributed by atoms with Crippen molar-refractivity contribution in [1.82, 2.24) is 4.98 Å². The van der Waals surface area contributed by atoms with Crippen LogP contribution in [0.4, 0.5) is 21.6 Å². The van der Waals surface area contributed by atoms with Crippen LogP contribution < -0.4 is 10.2 Å². The Kier molecular flexibility index (Phi) is 3.77. The topological polar surface area (TPSA) is 28.2 Å². The van der Waals surface area contributed by atoms with Gasteiger partial charge in [-0.05, 0) is 37.3 Å². The summed E-state index contributed by atoms with van der Waals surface area (Å²) in [5.41, 5.74) is 1.94. The average Bonchev–Trinajstić information content (AvgIpc) is 2.39. The number of hydrogen-bond acceptors (Lipinski definition) is 3. The van der Waals surface area contributed by atoms with Crippen molar-refractivity contribution < 1.29 is 4.39 Å². The number of pyridine rings is 1. The van der Waals surface area contributed by atoms with Gasteiger partial charge in [0.25, 0.3) is 0 Å². The van der Waals surface area contributed by atoms with E-state index in [9.17, 15) is 4.39 Å². The van der Waals surface area contributed by atoms with Gasteiger partial charge in [-0.15, -0.1) is 0 Å². The Balaban J connectivity index is 2.24. The van der Waals surface area contributed by atoms with Crippen molar-refractivity contribution in [2.24, 2.45) is 0 Å². The Morgan fingerprint density at radius 2 is 1.89 bits per heavy atom. The molecule has 0 bridgehead atoms. The third-order valence-electron chi connectivity index (χ3n) is 2.70. The molecule has 2 rings (SSSR count). The van der Waals surface area contributed by atoms with Crippen LogP contribution in [0.15, 0.2) is 42.6 Å². The summed E-state index contributed by atoms with van der Waals surface area (Å²) in [6.07, 6.45) is 1.76. The highest BCUT2D eigenvalue weighted by molar-refractivity contribution is 5.64. The maximum absolute atomic E-state index is 12.9. The highest BCUT2D eigenvalue weighted by Crippen LogP contribution is 2.24. The van der Waals surface area contributed by atoms with Crippen molar-refractivity contribution in [3.8, 4) is 0 Å². The molecule has 1 aromatic heterocycles. The van der Waals surface area contributed by atoms with Crippen molar-refractivity contribution in [3.05, 3.63) is 48.4 Å². The average molecular weight is 245 g/mol. The Hall–Kier alpha value is -2.10. The minimum atomic E-state index is -0.227. The molecule has 0 amide bonds. The van der Waals surface area contributed by atoms with E-state index in [1.54, 1.807) is 18.3 Å². The van der Waals surface area contributed by atoms with Gasteiger partial charge in [0.2, 0.25) is 0 Å². The first-order valence-corrected chi connectivity index (χ1v) is 5.90. The number of halogens is 1. The fourth-order valence-corrected chi connectivity index (χ4v) is 1.72. The van der Waals surface area contributed by atoms with E-state index in [4.69, 9.17) is 0 Å². The summed E-state index contributed by atoms with van der Waals surface area (Å²) in [4.78, 5) is 6.21. The molecule has 0 unspecified atom stereocenters. The van der Waals surface area contributed by atoms with E-state index in [-0.39, 0.29) is 5.82 Å². The molecule has 1 N–H and O–H groups in total. The molecule has 2 aromatic rings. The number of benzene rings is 1. The fourth-order valence-electron chi connectivity index (χ4n) is 1.72. The monoisotopic (exact) mass is 245 g/mol. The smallest absolute Gasteiger partial charge is 0.127 e. The predicted octanol–water partition coefficient (Wildman–Crippen LogP) is 3.42. The van der Waals surface area contributed by atoms with Gasteiger partial charge >= 0.3 is 0 Å². The van der Waals surface area contributed by atoms with Gasteiger partial charge in [0, 0.05) is 37.2 Å². The van der Waals surface area contributed by atoms with Crippen LogP contribution in [-0.2, 0) is 0 Å². The van der Waals surface area contributed by atoms with Gasteiger partial charge in [0.1, 0.15) is 11.6 Å². The van der Waals surface area contributed by atoms with Gasteiger partial charge in [-0.25, -0.2) is 9.37 Å². The normalized spacial score (nSPS) is 10.2.